The smallest absolute Gasteiger partial charge is 0.241 e. The van der Waals surface area contributed by atoms with Gasteiger partial charge in [0.05, 0.1) is 4.90 Å². The van der Waals surface area contributed by atoms with Crippen molar-refractivity contribution in [2.24, 2.45) is 0 Å². The molecule has 0 aliphatic rings. The van der Waals surface area contributed by atoms with Gasteiger partial charge in [0.25, 0.3) is 0 Å². The summed E-state index contributed by atoms with van der Waals surface area (Å²) in [5, 5.41) is 2.72. The predicted molar refractivity (Wildman–Crippen MR) is 74.2 cm³/mol. The lowest BCUT2D eigenvalue weighted by molar-refractivity contribution is 0.567. The maximum atomic E-state index is 13.4. The molecule has 5 nitrogen and oxygen atoms in total. The molecule has 0 bridgehead atoms. The first-order chi connectivity index (χ1) is 9.92. The van der Waals surface area contributed by atoms with Gasteiger partial charge in [-0.1, -0.05) is 0 Å². The van der Waals surface area contributed by atoms with Crippen LogP contribution in [-0.4, -0.2) is 20.4 Å². The summed E-state index contributed by atoms with van der Waals surface area (Å²) in [6.45, 7) is -0.344. The molecule has 1 aromatic heterocycles. The molecule has 1 heterocycles. The zero-order chi connectivity index (χ0) is 15.5. The second-order valence-corrected chi connectivity index (χ2v) is 5.95. The van der Waals surface area contributed by atoms with Crippen LogP contribution in [0.15, 0.2) is 41.4 Å². The standard InChI is InChI=1S/C13H13F2N3O2S/c1-16-13-7-11(4-5-17-13)21(19,20)18-8-9-6-10(14)2-3-12(9)15/h2-7,18H,8H2,1H3,(H,16,17). The number of hydrogen-bond donors (Lipinski definition) is 2. The maximum absolute atomic E-state index is 13.4. The van der Waals surface area contributed by atoms with Gasteiger partial charge in [-0.05, 0) is 24.3 Å². The molecule has 0 aliphatic heterocycles. The van der Waals surface area contributed by atoms with E-state index in [1.807, 2.05) is 0 Å². The summed E-state index contributed by atoms with van der Waals surface area (Å²) in [5.74, 6) is -0.925. The molecule has 21 heavy (non-hydrogen) atoms. The van der Waals surface area contributed by atoms with Crippen molar-refractivity contribution in [3.8, 4) is 0 Å². The van der Waals surface area contributed by atoms with Gasteiger partial charge in [-0.2, -0.15) is 0 Å². The fraction of sp³-hybridized carbons (Fsp3) is 0.154. The van der Waals surface area contributed by atoms with Crippen LogP contribution in [0.25, 0.3) is 0 Å². The fourth-order valence-electron chi connectivity index (χ4n) is 1.65. The Morgan fingerprint density at radius 3 is 2.67 bits per heavy atom. The van der Waals surface area contributed by atoms with Gasteiger partial charge in [0.15, 0.2) is 0 Å². The predicted octanol–water partition coefficient (Wildman–Crippen LogP) is 1.88. The second kappa shape index (κ2) is 6.15. The molecule has 2 N–H and O–H groups in total. The summed E-state index contributed by atoms with van der Waals surface area (Å²) >= 11 is 0. The van der Waals surface area contributed by atoms with Crippen molar-refractivity contribution < 1.29 is 17.2 Å². The molecule has 0 atom stereocenters. The molecule has 8 heteroatoms. The number of nitrogens with zero attached hydrogens (tertiary/aromatic N) is 1. The fourth-order valence-corrected chi connectivity index (χ4v) is 2.67. The van der Waals surface area contributed by atoms with Gasteiger partial charge in [0.1, 0.15) is 17.5 Å². The van der Waals surface area contributed by atoms with E-state index in [2.05, 4.69) is 15.0 Å². The zero-order valence-electron chi connectivity index (χ0n) is 11.1. The van der Waals surface area contributed by atoms with Crippen LogP contribution in [0.2, 0.25) is 0 Å². The third kappa shape index (κ3) is 3.73. The van der Waals surface area contributed by atoms with Crippen molar-refractivity contribution in [2.75, 3.05) is 12.4 Å². The Labute approximate surface area is 121 Å². The number of sulfonamides is 1. The van der Waals surface area contributed by atoms with Crippen molar-refractivity contribution in [3.63, 3.8) is 0 Å². The van der Waals surface area contributed by atoms with Crippen LogP contribution in [0.4, 0.5) is 14.6 Å². The number of rotatable bonds is 5. The minimum absolute atomic E-state index is 0.0151. The topological polar surface area (TPSA) is 71.1 Å². The Morgan fingerprint density at radius 1 is 1.19 bits per heavy atom. The Hall–Kier alpha value is -2.06. The van der Waals surface area contributed by atoms with E-state index < -0.39 is 21.7 Å². The number of nitrogens with one attached hydrogen (secondary N) is 2. The van der Waals surface area contributed by atoms with Crippen molar-refractivity contribution >= 4 is 15.8 Å². The number of pyridine rings is 1. The molecule has 0 saturated carbocycles. The van der Waals surface area contributed by atoms with Crippen LogP contribution in [-0.2, 0) is 16.6 Å². The SMILES string of the molecule is CNc1cc(S(=O)(=O)NCc2cc(F)ccc2F)ccn1. The average molecular weight is 313 g/mol. The first-order valence-corrected chi connectivity index (χ1v) is 7.48. The summed E-state index contributed by atoms with van der Waals surface area (Å²) in [7, 11) is -2.23. The second-order valence-electron chi connectivity index (χ2n) is 4.19. The van der Waals surface area contributed by atoms with E-state index >= 15 is 0 Å². The first-order valence-electron chi connectivity index (χ1n) is 6.00. The van der Waals surface area contributed by atoms with E-state index in [9.17, 15) is 17.2 Å². The van der Waals surface area contributed by atoms with E-state index in [4.69, 9.17) is 0 Å². The van der Waals surface area contributed by atoms with Crippen molar-refractivity contribution in [1.82, 2.24) is 9.71 Å². The van der Waals surface area contributed by atoms with Gasteiger partial charge in [0, 0.05) is 31.4 Å². The van der Waals surface area contributed by atoms with Crippen molar-refractivity contribution in [1.29, 1.82) is 0 Å². The van der Waals surface area contributed by atoms with E-state index in [1.165, 1.54) is 18.3 Å². The maximum Gasteiger partial charge on any atom is 0.241 e. The highest BCUT2D eigenvalue weighted by Gasteiger charge is 2.15. The molecule has 2 aromatic rings. The Bertz CT molecular complexity index is 751. The van der Waals surface area contributed by atoms with Gasteiger partial charge >= 0.3 is 0 Å². The molecule has 0 radical (unpaired) electrons. The molecule has 0 spiro atoms. The molecule has 0 fully saturated rings. The quantitative estimate of drug-likeness (QED) is 0.884. The number of aromatic nitrogens is 1. The van der Waals surface area contributed by atoms with E-state index in [0.717, 1.165) is 18.2 Å². The monoisotopic (exact) mass is 313 g/mol. The van der Waals surface area contributed by atoms with Gasteiger partial charge in [-0.3, -0.25) is 0 Å². The normalized spacial score (nSPS) is 11.4. The van der Waals surface area contributed by atoms with E-state index in [0.29, 0.717) is 5.82 Å². The largest absolute Gasteiger partial charge is 0.373 e. The molecule has 0 amide bonds. The molecule has 0 aliphatic carbocycles. The first kappa shape index (κ1) is 15.3. The molecule has 0 saturated heterocycles. The van der Waals surface area contributed by atoms with Crippen LogP contribution >= 0.6 is 0 Å². The van der Waals surface area contributed by atoms with Crippen molar-refractivity contribution in [2.45, 2.75) is 11.4 Å². The lowest BCUT2D eigenvalue weighted by atomic mass is 10.2. The van der Waals surface area contributed by atoms with Crippen LogP contribution in [0.5, 0.6) is 0 Å². The van der Waals surface area contributed by atoms with Crippen LogP contribution in [0, 0.1) is 11.6 Å². The highest BCUT2D eigenvalue weighted by atomic mass is 32.2. The van der Waals surface area contributed by atoms with Gasteiger partial charge in [-0.15, -0.1) is 0 Å². The van der Waals surface area contributed by atoms with Crippen LogP contribution in [0.1, 0.15) is 5.56 Å². The summed E-state index contributed by atoms with van der Waals surface area (Å²) in [6, 6.07) is 5.51. The van der Waals surface area contributed by atoms with Crippen molar-refractivity contribution in [3.05, 3.63) is 53.7 Å². The number of benzene rings is 1. The Kier molecular flexibility index (Phi) is 4.49. The Balaban J connectivity index is 2.19. The summed E-state index contributed by atoms with van der Waals surface area (Å²) in [6.07, 6.45) is 1.34. The van der Waals surface area contributed by atoms with E-state index in [-0.39, 0.29) is 17.0 Å². The zero-order valence-corrected chi connectivity index (χ0v) is 11.9. The minimum Gasteiger partial charge on any atom is -0.373 e. The van der Waals surface area contributed by atoms with E-state index in [1.54, 1.807) is 7.05 Å². The highest BCUT2D eigenvalue weighted by molar-refractivity contribution is 7.89. The lowest BCUT2D eigenvalue weighted by Crippen LogP contribution is -2.24. The lowest BCUT2D eigenvalue weighted by Gasteiger charge is -2.08. The molecule has 1 aromatic carbocycles. The number of hydrogen-bond acceptors (Lipinski definition) is 4. The number of halogens is 2. The molecule has 0 unspecified atom stereocenters. The summed E-state index contributed by atoms with van der Waals surface area (Å²) in [4.78, 5) is 3.89. The van der Waals surface area contributed by atoms with Gasteiger partial charge in [0.2, 0.25) is 10.0 Å². The minimum atomic E-state index is -3.84. The average Bonchev–Trinajstić information content (AvgIpc) is 2.48. The Morgan fingerprint density at radius 2 is 1.95 bits per heavy atom. The van der Waals surface area contributed by atoms with Crippen LogP contribution < -0.4 is 10.0 Å². The highest BCUT2D eigenvalue weighted by Crippen LogP contribution is 2.14. The van der Waals surface area contributed by atoms with Crippen LogP contribution in [0.3, 0.4) is 0 Å². The summed E-state index contributed by atoms with van der Waals surface area (Å²) in [5.41, 5.74) is -0.0681. The number of anilines is 1. The van der Waals surface area contributed by atoms with Gasteiger partial charge < -0.3 is 5.32 Å². The third-order valence-electron chi connectivity index (χ3n) is 2.76. The molecule has 112 valence electrons. The van der Waals surface area contributed by atoms with Gasteiger partial charge in [-0.25, -0.2) is 26.9 Å². The summed E-state index contributed by atoms with van der Waals surface area (Å²) < 4.78 is 52.9. The molecular weight excluding hydrogens is 300 g/mol. The molecule has 2 rings (SSSR count). The third-order valence-corrected chi connectivity index (χ3v) is 4.16. The molecular formula is C13H13F2N3O2S.